The maximum absolute atomic E-state index is 12.6. The summed E-state index contributed by atoms with van der Waals surface area (Å²) in [5.74, 6) is 1.25. The van der Waals surface area contributed by atoms with Crippen LogP contribution in [0, 0.1) is 12.8 Å². The molecule has 0 radical (unpaired) electrons. The van der Waals surface area contributed by atoms with Crippen molar-refractivity contribution in [2.45, 2.75) is 58.5 Å². The Balaban J connectivity index is 1.79. The van der Waals surface area contributed by atoms with E-state index in [-0.39, 0.29) is 17.5 Å². The van der Waals surface area contributed by atoms with Gasteiger partial charge in [-0.15, -0.1) is 0 Å². The first kappa shape index (κ1) is 15.8. The summed E-state index contributed by atoms with van der Waals surface area (Å²) in [6, 6.07) is 1.36. The number of amides is 1. The number of rotatable bonds is 3. The van der Waals surface area contributed by atoms with Crippen molar-refractivity contribution in [2.75, 3.05) is 0 Å². The van der Waals surface area contributed by atoms with Gasteiger partial charge in [-0.05, 0) is 45.4 Å². The van der Waals surface area contributed by atoms with E-state index >= 15 is 0 Å². The predicted molar refractivity (Wildman–Crippen MR) is 88.5 cm³/mol. The van der Waals surface area contributed by atoms with E-state index in [1.165, 1.54) is 23.3 Å². The lowest BCUT2D eigenvalue weighted by atomic mass is 9.87. The maximum Gasteiger partial charge on any atom is 0.259 e. The molecule has 1 fully saturated rings. The lowest BCUT2D eigenvalue weighted by molar-refractivity contribution is -0.124. The highest BCUT2D eigenvalue weighted by Gasteiger charge is 2.24. The van der Waals surface area contributed by atoms with Crippen LogP contribution in [0.1, 0.15) is 51.3 Å². The Hall–Kier alpha value is -2.11. The van der Waals surface area contributed by atoms with E-state index in [2.05, 4.69) is 17.2 Å². The third-order valence-corrected chi connectivity index (χ3v) is 4.83. The Morgan fingerprint density at radius 3 is 2.70 bits per heavy atom. The van der Waals surface area contributed by atoms with Gasteiger partial charge in [-0.3, -0.25) is 14.0 Å². The lowest BCUT2D eigenvalue weighted by Crippen LogP contribution is -2.40. The zero-order chi connectivity index (χ0) is 16.6. The molecule has 0 aliphatic heterocycles. The van der Waals surface area contributed by atoms with E-state index in [0.717, 1.165) is 18.8 Å². The molecule has 1 unspecified atom stereocenters. The highest BCUT2D eigenvalue weighted by Crippen LogP contribution is 2.24. The summed E-state index contributed by atoms with van der Waals surface area (Å²) < 4.78 is 3.23. The van der Waals surface area contributed by atoms with Gasteiger partial charge in [0.15, 0.2) is 0 Å². The van der Waals surface area contributed by atoms with Crippen molar-refractivity contribution < 1.29 is 4.79 Å². The molecular weight excluding hydrogens is 292 g/mol. The summed E-state index contributed by atoms with van der Waals surface area (Å²) in [5.41, 5.74) is 0.531. The van der Waals surface area contributed by atoms with Crippen LogP contribution in [0.15, 0.2) is 23.3 Å². The first-order valence-corrected chi connectivity index (χ1v) is 8.33. The number of carbonyl (C=O) groups excluding carboxylic acids is 1. The van der Waals surface area contributed by atoms with Crippen LogP contribution in [-0.4, -0.2) is 25.9 Å². The molecule has 1 N–H and O–H groups in total. The van der Waals surface area contributed by atoms with Gasteiger partial charge < -0.3 is 9.88 Å². The summed E-state index contributed by atoms with van der Waals surface area (Å²) in [7, 11) is 0. The lowest BCUT2D eigenvalue weighted by Gasteiger charge is -2.28. The molecule has 23 heavy (non-hydrogen) atoms. The Bertz CT molecular complexity index is 768. The average molecular weight is 316 g/mol. The molecule has 0 saturated heterocycles. The van der Waals surface area contributed by atoms with Gasteiger partial charge in [0, 0.05) is 30.2 Å². The maximum atomic E-state index is 12.6. The fourth-order valence-electron chi connectivity index (χ4n) is 3.27. The molecule has 1 saturated carbocycles. The molecular formula is C17H24N4O2. The monoisotopic (exact) mass is 316 g/mol. The summed E-state index contributed by atoms with van der Waals surface area (Å²) in [5, 5.41) is 3.15. The number of carbonyl (C=O) groups is 1. The Morgan fingerprint density at radius 2 is 2.00 bits per heavy atom. The Morgan fingerprint density at radius 1 is 1.30 bits per heavy atom. The normalized spacial score (nSPS) is 22.9. The summed E-state index contributed by atoms with van der Waals surface area (Å²) in [6.45, 7) is 5.89. The van der Waals surface area contributed by atoms with Crippen molar-refractivity contribution in [3.8, 4) is 0 Å². The van der Waals surface area contributed by atoms with Gasteiger partial charge in [0.05, 0.1) is 0 Å². The van der Waals surface area contributed by atoms with Gasteiger partial charge in [0.1, 0.15) is 6.04 Å². The van der Waals surface area contributed by atoms with E-state index in [0.29, 0.717) is 11.5 Å². The Labute approximate surface area is 135 Å². The molecule has 124 valence electrons. The van der Waals surface area contributed by atoms with Crippen molar-refractivity contribution in [2.24, 2.45) is 5.92 Å². The van der Waals surface area contributed by atoms with Crippen molar-refractivity contribution in [3.63, 3.8) is 0 Å². The topological polar surface area (TPSA) is 68.4 Å². The molecule has 1 aliphatic rings. The number of hydrogen-bond acceptors (Lipinski definition) is 3. The van der Waals surface area contributed by atoms with Gasteiger partial charge in [0.2, 0.25) is 11.7 Å². The van der Waals surface area contributed by atoms with Gasteiger partial charge >= 0.3 is 0 Å². The van der Waals surface area contributed by atoms with Crippen LogP contribution in [0.25, 0.3) is 5.78 Å². The number of nitrogens with one attached hydrogen (secondary N) is 1. The van der Waals surface area contributed by atoms with Crippen LogP contribution >= 0.6 is 0 Å². The highest BCUT2D eigenvalue weighted by atomic mass is 16.2. The molecule has 1 atom stereocenters. The van der Waals surface area contributed by atoms with Crippen molar-refractivity contribution >= 4 is 11.7 Å². The van der Waals surface area contributed by atoms with Crippen molar-refractivity contribution in [1.29, 1.82) is 0 Å². The molecule has 0 spiro atoms. The number of fused-ring (bicyclic) bond motifs is 1. The van der Waals surface area contributed by atoms with Crippen LogP contribution in [0.2, 0.25) is 0 Å². The zero-order valence-electron chi connectivity index (χ0n) is 14.0. The number of hydrogen-bond donors (Lipinski definition) is 1. The van der Waals surface area contributed by atoms with Gasteiger partial charge in [-0.25, -0.2) is 4.98 Å². The smallest absolute Gasteiger partial charge is 0.259 e. The third-order valence-electron chi connectivity index (χ3n) is 4.83. The molecule has 1 aliphatic carbocycles. The second-order valence-electron chi connectivity index (χ2n) is 6.75. The van der Waals surface area contributed by atoms with E-state index in [1.54, 1.807) is 23.9 Å². The zero-order valence-corrected chi connectivity index (χ0v) is 14.0. The van der Waals surface area contributed by atoms with Gasteiger partial charge in [0.25, 0.3) is 5.56 Å². The fraction of sp³-hybridized carbons (Fsp3) is 0.588. The Kier molecular flexibility index (Phi) is 4.24. The van der Waals surface area contributed by atoms with E-state index < -0.39 is 6.04 Å². The number of nitrogens with zero attached hydrogens (tertiary/aromatic N) is 3. The van der Waals surface area contributed by atoms with Crippen LogP contribution in [0.3, 0.4) is 0 Å². The number of imidazole rings is 1. The SMILES string of the molecule is Cc1cc(=O)n2ccn(C(C)C(=O)NC3CCC(C)CC3)c2n1. The molecule has 6 nitrogen and oxygen atoms in total. The predicted octanol–water partition coefficient (Wildman–Crippen LogP) is 2.06. The van der Waals surface area contributed by atoms with Gasteiger partial charge in [-0.1, -0.05) is 6.92 Å². The summed E-state index contributed by atoms with van der Waals surface area (Å²) in [6.07, 6.45) is 7.84. The standard InChI is InChI=1S/C17H24N4O2/c1-11-4-6-14(7-5-11)19-16(23)13(3)20-8-9-21-15(22)10-12(2)18-17(20)21/h8-11,13-14H,4-7H2,1-3H3,(H,19,23). The highest BCUT2D eigenvalue weighted by molar-refractivity contribution is 5.80. The largest absolute Gasteiger partial charge is 0.352 e. The minimum atomic E-state index is -0.395. The minimum Gasteiger partial charge on any atom is -0.352 e. The van der Waals surface area contributed by atoms with E-state index in [4.69, 9.17) is 0 Å². The summed E-state index contributed by atoms with van der Waals surface area (Å²) >= 11 is 0. The molecule has 0 bridgehead atoms. The molecule has 2 aromatic rings. The first-order chi connectivity index (χ1) is 11.0. The second kappa shape index (κ2) is 6.18. The van der Waals surface area contributed by atoms with Gasteiger partial charge in [-0.2, -0.15) is 0 Å². The third kappa shape index (κ3) is 3.16. The van der Waals surface area contributed by atoms with Crippen molar-refractivity contribution in [1.82, 2.24) is 19.3 Å². The second-order valence-corrected chi connectivity index (χ2v) is 6.75. The van der Waals surface area contributed by atoms with Crippen LogP contribution in [0.4, 0.5) is 0 Å². The molecule has 3 rings (SSSR count). The first-order valence-electron chi connectivity index (χ1n) is 8.33. The van der Waals surface area contributed by atoms with E-state index in [9.17, 15) is 9.59 Å². The molecule has 0 aromatic carbocycles. The van der Waals surface area contributed by atoms with Crippen LogP contribution in [0.5, 0.6) is 0 Å². The summed E-state index contributed by atoms with van der Waals surface area (Å²) in [4.78, 5) is 28.9. The molecule has 1 amide bonds. The average Bonchev–Trinajstić information content (AvgIpc) is 2.92. The molecule has 2 aromatic heterocycles. The fourth-order valence-corrected chi connectivity index (χ4v) is 3.27. The molecule has 6 heteroatoms. The van der Waals surface area contributed by atoms with Crippen LogP contribution in [-0.2, 0) is 4.79 Å². The molecule has 2 heterocycles. The van der Waals surface area contributed by atoms with E-state index in [1.807, 2.05) is 6.92 Å². The quantitative estimate of drug-likeness (QED) is 0.942. The minimum absolute atomic E-state index is 0.0154. The number of aryl methyl sites for hydroxylation is 1. The van der Waals surface area contributed by atoms with Crippen molar-refractivity contribution in [3.05, 3.63) is 34.5 Å². The number of aromatic nitrogens is 3. The van der Waals surface area contributed by atoms with Crippen LogP contribution < -0.4 is 10.9 Å².